The summed E-state index contributed by atoms with van der Waals surface area (Å²) in [6.45, 7) is 3.59. The molecule has 138 valence electrons. The van der Waals surface area contributed by atoms with Crippen LogP contribution < -0.4 is 10.2 Å². The van der Waals surface area contributed by atoms with Crippen molar-refractivity contribution in [2.75, 3.05) is 31.1 Å². The topological polar surface area (TPSA) is 24.5 Å². The fraction of sp³-hybridized carbons (Fsp3) is 0.429. The number of hydrogen-bond donors (Lipinski definition) is 1. The average Bonchev–Trinajstić information content (AvgIpc) is 2.67. The second-order valence-corrected chi connectivity index (χ2v) is 7.54. The molecule has 3 nitrogen and oxygen atoms in total. The molecule has 1 N–H and O–H groups in total. The van der Waals surface area contributed by atoms with E-state index in [0.717, 1.165) is 56.2 Å². The van der Waals surface area contributed by atoms with Crippen LogP contribution in [0.4, 0.5) is 10.1 Å². The van der Waals surface area contributed by atoms with E-state index in [0.29, 0.717) is 6.04 Å². The number of benzene rings is 2. The Morgan fingerprint density at radius 1 is 1.15 bits per heavy atom. The Balaban J connectivity index is 1.37. The van der Waals surface area contributed by atoms with Gasteiger partial charge in [-0.05, 0) is 66.8 Å². The lowest BCUT2D eigenvalue weighted by Gasteiger charge is -2.36. The van der Waals surface area contributed by atoms with E-state index in [9.17, 15) is 4.39 Å². The molecule has 2 aromatic carbocycles. The number of hydrogen-bond acceptors (Lipinski definition) is 3. The zero-order valence-corrected chi connectivity index (χ0v) is 15.5. The van der Waals surface area contributed by atoms with E-state index in [1.165, 1.54) is 23.3 Å². The molecule has 0 bridgehead atoms. The molecule has 0 aliphatic carbocycles. The highest BCUT2D eigenvalue weighted by atomic mass is 35.5. The highest BCUT2D eigenvalue weighted by molar-refractivity contribution is 6.30. The smallest absolute Gasteiger partial charge is 0.123 e. The number of halogens is 2. The summed E-state index contributed by atoms with van der Waals surface area (Å²) in [5.41, 5.74) is 3.69. The summed E-state index contributed by atoms with van der Waals surface area (Å²) in [6, 6.07) is 13.3. The maximum absolute atomic E-state index is 13.2. The van der Waals surface area contributed by atoms with Crippen LogP contribution in [0.5, 0.6) is 0 Å². The Labute approximate surface area is 159 Å². The lowest BCUT2D eigenvalue weighted by molar-refractivity contribution is 0.0333. The molecule has 2 unspecified atom stereocenters. The van der Waals surface area contributed by atoms with E-state index in [-0.39, 0.29) is 11.9 Å². The molecule has 1 saturated heterocycles. The second-order valence-electron chi connectivity index (χ2n) is 7.10. The Kier molecular flexibility index (Phi) is 5.44. The molecule has 2 aliphatic heterocycles. The molecule has 0 amide bonds. The first-order valence-electron chi connectivity index (χ1n) is 9.33. The van der Waals surface area contributed by atoms with Crippen LogP contribution >= 0.6 is 11.6 Å². The Morgan fingerprint density at radius 2 is 2.00 bits per heavy atom. The van der Waals surface area contributed by atoms with Crippen molar-refractivity contribution in [2.45, 2.75) is 31.4 Å². The first-order valence-corrected chi connectivity index (χ1v) is 9.70. The summed E-state index contributed by atoms with van der Waals surface area (Å²) < 4.78 is 19.2. The molecule has 2 atom stereocenters. The van der Waals surface area contributed by atoms with Crippen LogP contribution in [0, 0.1) is 5.82 Å². The van der Waals surface area contributed by atoms with Gasteiger partial charge in [0, 0.05) is 36.4 Å². The molecule has 2 heterocycles. The monoisotopic (exact) mass is 374 g/mol. The third kappa shape index (κ3) is 4.03. The van der Waals surface area contributed by atoms with Crippen LogP contribution in [0.1, 0.15) is 30.1 Å². The van der Waals surface area contributed by atoms with Gasteiger partial charge in [-0.3, -0.25) is 0 Å². The first kappa shape index (κ1) is 17.8. The molecule has 0 saturated carbocycles. The van der Waals surface area contributed by atoms with E-state index >= 15 is 0 Å². The predicted octanol–water partition coefficient (Wildman–Crippen LogP) is 4.35. The van der Waals surface area contributed by atoms with E-state index in [1.807, 2.05) is 18.2 Å². The van der Waals surface area contributed by atoms with Gasteiger partial charge >= 0.3 is 0 Å². The van der Waals surface area contributed by atoms with Gasteiger partial charge in [-0.1, -0.05) is 17.7 Å². The van der Waals surface area contributed by atoms with E-state index in [4.69, 9.17) is 16.3 Å². The van der Waals surface area contributed by atoms with Gasteiger partial charge in [-0.25, -0.2) is 4.39 Å². The van der Waals surface area contributed by atoms with Crippen molar-refractivity contribution in [1.82, 2.24) is 5.32 Å². The SMILES string of the molecule is Fc1ccc(N2CCNC(CCC3OCCc4cc(Cl)ccc43)C2)cc1. The van der Waals surface area contributed by atoms with Gasteiger partial charge < -0.3 is 15.0 Å². The first-order chi connectivity index (χ1) is 12.7. The predicted molar refractivity (Wildman–Crippen MR) is 103 cm³/mol. The van der Waals surface area contributed by atoms with Crippen molar-refractivity contribution >= 4 is 17.3 Å². The molecule has 1 fully saturated rings. The summed E-state index contributed by atoms with van der Waals surface area (Å²) in [5, 5.41) is 4.41. The molecule has 0 aromatic heterocycles. The normalized spacial score (nSPS) is 22.9. The fourth-order valence-corrected chi connectivity index (χ4v) is 4.20. The van der Waals surface area contributed by atoms with Crippen LogP contribution in [0.15, 0.2) is 42.5 Å². The van der Waals surface area contributed by atoms with Crippen LogP contribution in [0.25, 0.3) is 0 Å². The van der Waals surface area contributed by atoms with Gasteiger partial charge in [-0.2, -0.15) is 0 Å². The molecular weight excluding hydrogens is 351 g/mol. The minimum atomic E-state index is -0.186. The number of rotatable bonds is 4. The molecule has 2 aromatic rings. The average molecular weight is 375 g/mol. The van der Waals surface area contributed by atoms with E-state index < -0.39 is 0 Å². The standard InChI is InChI=1S/C21H24ClFN2O/c22-16-1-7-20-15(13-16)9-12-26-21(20)8-4-18-14-25(11-10-24-18)19-5-2-17(23)3-6-19/h1-3,5-7,13,18,21,24H,4,8-12,14H2. The summed E-state index contributed by atoms with van der Waals surface area (Å²) in [5.74, 6) is -0.186. The maximum Gasteiger partial charge on any atom is 0.123 e. The van der Waals surface area contributed by atoms with Crippen molar-refractivity contribution in [1.29, 1.82) is 0 Å². The van der Waals surface area contributed by atoms with Crippen LogP contribution in [0.3, 0.4) is 0 Å². The van der Waals surface area contributed by atoms with Gasteiger partial charge in [0.15, 0.2) is 0 Å². The molecule has 0 radical (unpaired) electrons. The quantitative estimate of drug-likeness (QED) is 0.861. The molecular formula is C21H24ClFN2O. The fourth-order valence-electron chi connectivity index (χ4n) is 4.00. The van der Waals surface area contributed by atoms with Gasteiger partial charge in [0.25, 0.3) is 0 Å². The zero-order chi connectivity index (χ0) is 17.9. The van der Waals surface area contributed by atoms with Gasteiger partial charge in [-0.15, -0.1) is 0 Å². The summed E-state index contributed by atoms with van der Waals surface area (Å²) >= 11 is 6.13. The number of nitrogens with zero attached hydrogens (tertiary/aromatic N) is 1. The molecule has 0 spiro atoms. The Morgan fingerprint density at radius 3 is 2.85 bits per heavy atom. The molecule has 5 heteroatoms. The van der Waals surface area contributed by atoms with Crippen molar-refractivity contribution in [3.05, 3.63) is 64.4 Å². The number of ether oxygens (including phenoxy) is 1. The zero-order valence-electron chi connectivity index (χ0n) is 14.8. The molecule has 2 aliphatic rings. The Bertz CT molecular complexity index is 752. The van der Waals surface area contributed by atoms with Crippen molar-refractivity contribution in [3.8, 4) is 0 Å². The van der Waals surface area contributed by atoms with Crippen molar-refractivity contribution in [2.24, 2.45) is 0 Å². The van der Waals surface area contributed by atoms with Gasteiger partial charge in [0.05, 0.1) is 12.7 Å². The number of piperazine rings is 1. The lowest BCUT2D eigenvalue weighted by atomic mass is 9.93. The third-order valence-corrected chi connectivity index (χ3v) is 5.60. The van der Waals surface area contributed by atoms with Crippen LogP contribution in [-0.4, -0.2) is 32.3 Å². The Hall–Kier alpha value is -1.62. The molecule has 26 heavy (non-hydrogen) atoms. The van der Waals surface area contributed by atoms with Crippen LogP contribution in [-0.2, 0) is 11.2 Å². The van der Waals surface area contributed by atoms with Gasteiger partial charge in [0.2, 0.25) is 0 Å². The lowest BCUT2D eigenvalue weighted by Crippen LogP contribution is -2.50. The highest BCUT2D eigenvalue weighted by Gasteiger charge is 2.24. The summed E-state index contributed by atoms with van der Waals surface area (Å²) in [7, 11) is 0. The molecule has 4 rings (SSSR count). The summed E-state index contributed by atoms with van der Waals surface area (Å²) in [4.78, 5) is 2.33. The highest BCUT2D eigenvalue weighted by Crippen LogP contribution is 2.33. The van der Waals surface area contributed by atoms with Crippen molar-refractivity contribution < 1.29 is 9.13 Å². The number of fused-ring (bicyclic) bond motifs is 1. The summed E-state index contributed by atoms with van der Waals surface area (Å²) in [6.07, 6.45) is 3.12. The largest absolute Gasteiger partial charge is 0.373 e. The minimum Gasteiger partial charge on any atom is -0.373 e. The van der Waals surface area contributed by atoms with E-state index in [1.54, 1.807) is 0 Å². The number of anilines is 1. The van der Waals surface area contributed by atoms with Crippen LogP contribution in [0.2, 0.25) is 5.02 Å². The minimum absolute atomic E-state index is 0.152. The van der Waals surface area contributed by atoms with Gasteiger partial charge in [0.1, 0.15) is 5.82 Å². The second kappa shape index (κ2) is 7.95. The van der Waals surface area contributed by atoms with Crippen molar-refractivity contribution in [3.63, 3.8) is 0 Å². The maximum atomic E-state index is 13.2. The third-order valence-electron chi connectivity index (χ3n) is 5.37. The number of nitrogens with one attached hydrogen (secondary N) is 1. The van der Waals surface area contributed by atoms with E-state index in [2.05, 4.69) is 22.3 Å².